The van der Waals surface area contributed by atoms with E-state index in [4.69, 9.17) is 4.43 Å². The van der Waals surface area contributed by atoms with Crippen molar-refractivity contribution in [1.29, 1.82) is 0 Å². The highest BCUT2D eigenvalue weighted by atomic mass is 32.2. The second kappa shape index (κ2) is 8.42. The molecule has 0 heterocycles. The second-order valence-electron chi connectivity index (χ2n) is 9.46. The number of hydrogen-bond donors (Lipinski definition) is 1. The Labute approximate surface area is 172 Å². The highest BCUT2D eigenvalue weighted by molar-refractivity contribution is 7.93. The van der Waals surface area contributed by atoms with Crippen LogP contribution in [0.25, 0.3) is 0 Å². The monoisotopic (exact) mass is 424 g/mol. The summed E-state index contributed by atoms with van der Waals surface area (Å²) in [5.41, 5.74) is 0. The predicted octanol–water partition coefficient (Wildman–Crippen LogP) is 4.96. The molecule has 1 fully saturated rings. The minimum absolute atomic E-state index is 0.190. The molecule has 0 spiro atoms. The molecule has 28 heavy (non-hydrogen) atoms. The van der Waals surface area contributed by atoms with Gasteiger partial charge in [-0.2, -0.15) is 0 Å². The van der Waals surface area contributed by atoms with Crippen molar-refractivity contribution in [3.05, 3.63) is 43.0 Å². The molecule has 158 valence electrons. The summed E-state index contributed by atoms with van der Waals surface area (Å²) >= 11 is 0. The molecule has 1 aliphatic carbocycles. The van der Waals surface area contributed by atoms with Crippen LogP contribution in [0.3, 0.4) is 0 Å². The molecule has 1 aromatic carbocycles. The third-order valence-electron chi connectivity index (χ3n) is 6.53. The lowest BCUT2D eigenvalue weighted by atomic mass is 10.1. The molecular formula is C22H36O4SSi. The van der Waals surface area contributed by atoms with Gasteiger partial charge in [0.15, 0.2) is 18.2 Å². The number of aliphatic hydroxyl groups excluding tert-OH is 1. The van der Waals surface area contributed by atoms with Gasteiger partial charge < -0.3 is 9.53 Å². The summed E-state index contributed by atoms with van der Waals surface area (Å²) in [6.07, 6.45) is 3.61. The summed E-state index contributed by atoms with van der Waals surface area (Å²) in [6.45, 7) is 15.6. The van der Waals surface area contributed by atoms with E-state index in [0.717, 1.165) is 12.8 Å². The molecule has 0 amide bonds. The van der Waals surface area contributed by atoms with E-state index in [9.17, 15) is 13.5 Å². The fourth-order valence-electron chi connectivity index (χ4n) is 3.42. The van der Waals surface area contributed by atoms with Gasteiger partial charge in [-0.15, -0.1) is 6.58 Å². The smallest absolute Gasteiger partial charge is 0.191 e. The average Bonchev–Trinajstić information content (AvgIpc) is 3.38. The number of benzene rings is 1. The quantitative estimate of drug-likeness (QED) is 0.328. The molecule has 1 aliphatic rings. The van der Waals surface area contributed by atoms with Crippen LogP contribution in [0.1, 0.15) is 46.5 Å². The lowest BCUT2D eigenvalue weighted by Crippen LogP contribution is -2.41. The Morgan fingerprint density at radius 3 is 2.43 bits per heavy atom. The Morgan fingerprint density at radius 1 is 1.29 bits per heavy atom. The minimum Gasteiger partial charge on any atom is -0.417 e. The van der Waals surface area contributed by atoms with Gasteiger partial charge in [0.2, 0.25) is 0 Å². The van der Waals surface area contributed by atoms with E-state index in [1.807, 2.05) is 0 Å². The van der Waals surface area contributed by atoms with Gasteiger partial charge in [-0.3, -0.25) is 0 Å². The van der Waals surface area contributed by atoms with Crippen molar-refractivity contribution in [1.82, 2.24) is 0 Å². The zero-order valence-electron chi connectivity index (χ0n) is 17.9. The van der Waals surface area contributed by atoms with E-state index < -0.39 is 29.0 Å². The molecular weight excluding hydrogens is 388 g/mol. The zero-order valence-corrected chi connectivity index (χ0v) is 19.8. The predicted molar refractivity (Wildman–Crippen MR) is 118 cm³/mol. The molecule has 0 bridgehead atoms. The van der Waals surface area contributed by atoms with Crippen LogP contribution >= 0.6 is 0 Å². The number of rotatable bonds is 10. The van der Waals surface area contributed by atoms with Crippen LogP contribution in [0.2, 0.25) is 18.1 Å². The van der Waals surface area contributed by atoms with Gasteiger partial charge in [-0.05, 0) is 55.9 Å². The van der Waals surface area contributed by atoms with Gasteiger partial charge >= 0.3 is 0 Å². The highest BCUT2D eigenvalue weighted by Crippen LogP contribution is 2.55. The van der Waals surface area contributed by atoms with E-state index in [1.54, 1.807) is 30.3 Å². The van der Waals surface area contributed by atoms with Crippen molar-refractivity contribution in [2.45, 2.75) is 80.3 Å². The molecule has 1 aromatic rings. The molecule has 0 radical (unpaired) electrons. The van der Waals surface area contributed by atoms with E-state index in [-0.39, 0.29) is 11.0 Å². The van der Waals surface area contributed by atoms with Crippen molar-refractivity contribution in [2.24, 2.45) is 5.92 Å². The molecule has 0 saturated heterocycles. The first-order valence-electron chi connectivity index (χ1n) is 10.1. The van der Waals surface area contributed by atoms with Gasteiger partial charge in [0.25, 0.3) is 0 Å². The third-order valence-corrected chi connectivity index (χ3v) is 13.6. The van der Waals surface area contributed by atoms with Crippen LogP contribution in [0.5, 0.6) is 0 Å². The van der Waals surface area contributed by atoms with Gasteiger partial charge in [0.1, 0.15) is 4.75 Å². The van der Waals surface area contributed by atoms with Crippen LogP contribution in [-0.4, -0.2) is 39.3 Å². The molecule has 0 unspecified atom stereocenters. The van der Waals surface area contributed by atoms with E-state index in [0.29, 0.717) is 24.3 Å². The van der Waals surface area contributed by atoms with Gasteiger partial charge in [0, 0.05) is 12.5 Å². The lowest BCUT2D eigenvalue weighted by Gasteiger charge is -2.36. The van der Waals surface area contributed by atoms with Gasteiger partial charge in [0.05, 0.1) is 11.0 Å². The van der Waals surface area contributed by atoms with Gasteiger partial charge in [-0.25, -0.2) is 8.42 Å². The van der Waals surface area contributed by atoms with Crippen LogP contribution in [0, 0.1) is 5.92 Å². The maximum atomic E-state index is 13.0. The summed E-state index contributed by atoms with van der Waals surface area (Å²) < 4.78 is 31.2. The number of aliphatic hydroxyl groups is 1. The average molecular weight is 425 g/mol. The largest absolute Gasteiger partial charge is 0.417 e. The minimum atomic E-state index is -3.54. The Balaban J connectivity index is 1.88. The number of sulfone groups is 1. The van der Waals surface area contributed by atoms with Crippen LogP contribution in [0.15, 0.2) is 47.9 Å². The number of hydrogen-bond acceptors (Lipinski definition) is 4. The SMILES string of the molecule is C=C[C@]1(S(=O)(=O)c2ccccc2)C[C@@H]1[C@H](O)CCCCO[Si](C)(C)C(C)(C)C. The highest BCUT2D eigenvalue weighted by Gasteiger charge is 2.64. The first kappa shape index (κ1) is 23.3. The molecule has 6 heteroatoms. The molecule has 3 atom stereocenters. The summed E-state index contributed by atoms with van der Waals surface area (Å²) in [4.78, 5) is 0.298. The van der Waals surface area contributed by atoms with Crippen LogP contribution in [-0.2, 0) is 14.3 Å². The van der Waals surface area contributed by atoms with Crippen molar-refractivity contribution >= 4 is 18.2 Å². The van der Waals surface area contributed by atoms with E-state index in [1.165, 1.54) is 6.08 Å². The van der Waals surface area contributed by atoms with Crippen molar-refractivity contribution in [3.8, 4) is 0 Å². The normalized spacial score (nSPS) is 24.0. The fraction of sp³-hybridized carbons (Fsp3) is 0.636. The molecule has 0 aliphatic heterocycles. The zero-order chi connectivity index (χ0) is 21.2. The van der Waals surface area contributed by atoms with E-state index in [2.05, 4.69) is 40.4 Å². The lowest BCUT2D eigenvalue weighted by molar-refractivity contribution is 0.133. The molecule has 1 saturated carbocycles. The third kappa shape index (κ3) is 4.61. The van der Waals surface area contributed by atoms with Crippen molar-refractivity contribution < 1.29 is 18.0 Å². The van der Waals surface area contributed by atoms with Crippen LogP contribution in [0.4, 0.5) is 0 Å². The van der Waals surface area contributed by atoms with Gasteiger partial charge in [-0.1, -0.05) is 45.0 Å². The fourth-order valence-corrected chi connectivity index (χ4v) is 6.64. The Bertz CT molecular complexity index is 767. The first-order valence-corrected chi connectivity index (χ1v) is 14.5. The first-order chi connectivity index (χ1) is 12.9. The molecule has 2 rings (SSSR count). The summed E-state index contributed by atoms with van der Waals surface area (Å²) in [7, 11) is -5.28. The maximum Gasteiger partial charge on any atom is 0.191 e. The topological polar surface area (TPSA) is 63.6 Å². The molecule has 0 aromatic heterocycles. The Morgan fingerprint density at radius 2 is 1.89 bits per heavy atom. The van der Waals surface area contributed by atoms with Crippen molar-refractivity contribution in [3.63, 3.8) is 0 Å². The molecule has 4 nitrogen and oxygen atoms in total. The Kier molecular flexibility index (Phi) is 7.02. The van der Waals surface area contributed by atoms with Crippen LogP contribution < -0.4 is 0 Å². The summed E-state index contributed by atoms with van der Waals surface area (Å²) in [6, 6.07) is 8.46. The second-order valence-corrected chi connectivity index (χ2v) is 16.5. The maximum absolute atomic E-state index is 13.0. The Hall–Kier alpha value is -0.953. The van der Waals surface area contributed by atoms with Crippen molar-refractivity contribution in [2.75, 3.05) is 6.61 Å². The van der Waals surface area contributed by atoms with E-state index >= 15 is 0 Å². The summed E-state index contributed by atoms with van der Waals surface area (Å²) in [5, 5.41) is 10.8. The number of unbranched alkanes of at least 4 members (excludes halogenated alkanes) is 1. The standard InChI is InChI=1S/C22H36O4SSi/c1-7-22(27(24,25)18-13-9-8-10-14-18)17-19(22)20(23)15-11-12-16-26-28(5,6)21(2,3)4/h7-10,13-14,19-20,23H,1,11-12,15-17H2,2-6H3/t19-,20-,22+/m1/s1. The summed E-state index contributed by atoms with van der Waals surface area (Å²) in [5.74, 6) is -0.281. The molecule has 1 N–H and O–H groups in total.